The Bertz CT molecular complexity index is 463. The third-order valence-electron chi connectivity index (χ3n) is 4.47. The van der Waals surface area contributed by atoms with E-state index in [2.05, 4.69) is 22.8 Å². The molecule has 3 rings (SSSR count). The third kappa shape index (κ3) is 4.22. The number of carbonyl (C=O) groups excluding carboxylic acids is 1. The van der Waals surface area contributed by atoms with E-state index in [-0.39, 0.29) is 30.3 Å². The molecule has 2 aliphatic heterocycles. The zero-order chi connectivity index (χ0) is 14.5. The molecule has 3 atom stereocenters. The Morgan fingerprint density at radius 3 is 2.77 bits per heavy atom. The van der Waals surface area contributed by atoms with Gasteiger partial charge in [-0.1, -0.05) is 30.3 Å². The van der Waals surface area contributed by atoms with Crippen LogP contribution in [0.15, 0.2) is 30.3 Å². The molecule has 0 saturated carbocycles. The van der Waals surface area contributed by atoms with Crippen molar-refractivity contribution in [3.8, 4) is 0 Å². The molecule has 0 aliphatic carbocycles. The molecule has 1 amide bonds. The topological polar surface area (TPSA) is 50.4 Å². The number of amides is 1. The maximum atomic E-state index is 12.5. The van der Waals surface area contributed by atoms with Gasteiger partial charge in [0.05, 0.1) is 12.0 Å². The minimum absolute atomic E-state index is 0. The van der Waals surface area contributed by atoms with Crippen LogP contribution >= 0.6 is 12.4 Å². The zero-order valence-corrected chi connectivity index (χ0v) is 13.6. The summed E-state index contributed by atoms with van der Waals surface area (Å²) in [6, 6.07) is 10.5. The van der Waals surface area contributed by atoms with E-state index >= 15 is 0 Å². The van der Waals surface area contributed by atoms with Crippen LogP contribution < -0.4 is 10.6 Å². The van der Waals surface area contributed by atoms with Crippen molar-refractivity contribution in [3.05, 3.63) is 35.9 Å². The summed E-state index contributed by atoms with van der Waals surface area (Å²) in [4.78, 5) is 12.5. The summed E-state index contributed by atoms with van der Waals surface area (Å²) in [5.41, 5.74) is 1.11. The summed E-state index contributed by atoms with van der Waals surface area (Å²) in [7, 11) is 0. The van der Waals surface area contributed by atoms with Gasteiger partial charge in [-0.25, -0.2) is 0 Å². The van der Waals surface area contributed by atoms with Gasteiger partial charge in [0.1, 0.15) is 0 Å². The lowest BCUT2D eigenvalue weighted by atomic mass is 9.88. The normalized spacial score (nSPS) is 27.9. The average molecular weight is 325 g/mol. The first-order valence-corrected chi connectivity index (χ1v) is 8.02. The Hall–Kier alpha value is -1.10. The largest absolute Gasteiger partial charge is 0.373 e. The zero-order valence-electron chi connectivity index (χ0n) is 12.8. The Labute approximate surface area is 138 Å². The molecule has 0 aromatic heterocycles. The van der Waals surface area contributed by atoms with Crippen LogP contribution in [0.1, 0.15) is 37.4 Å². The molecular weight excluding hydrogens is 300 g/mol. The second kappa shape index (κ2) is 8.51. The van der Waals surface area contributed by atoms with Crippen LogP contribution in [0.5, 0.6) is 0 Å². The molecule has 4 nitrogen and oxygen atoms in total. The van der Waals surface area contributed by atoms with E-state index in [1.165, 1.54) is 6.42 Å². The predicted molar refractivity (Wildman–Crippen MR) is 89.1 cm³/mol. The summed E-state index contributed by atoms with van der Waals surface area (Å²) in [6.07, 6.45) is 4.13. The Morgan fingerprint density at radius 1 is 1.23 bits per heavy atom. The van der Waals surface area contributed by atoms with E-state index in [0.717, 1.165) is 44.5 Å². The lowest BCUT2D eigenvalue weighted by Gasteiger charge is -2.31. The second-order valence-electron chi connectivity index (χ2n) is 5.99. The van der Waals surface area contributed by atoms with Crippen LogP contribution in [0.3, 0.4) is 0 Å². The van der Waals surface area contributed by atoms with Crippen molar-refractivity contribution in [2.75, 3.05) is 19.7 Å². The summed E-state index contributed by atoms with van der Waals surface area (Å²) in [5.74, 6) is 0.0693. The molecule has 2 fully saturated rings. The van der Waals surface area contributed by atoms with Crippen LogP contribution in [0.25, 0.3) is 0 Å². The fraction of sp³-hybridized carbons (Fsp3) is 0.588. The molecule has 2 aliphatic rings. The van der Waals surface area contributed by atoms with Crippen LogP contribution in [0.4, 0.5) is 0 Å². The highest BCUT2D eigenvalue weighted by Gasteiger charge is 2.33. The number of rotatable bonds is 4. The Morgan fingerprint density at radius 2 is 2.05 bits per heavy atom. The van der Waals surface area contributed by atoms with Crippen molar-refractivity contribution in [2.24, 2.45) is 5.92 Å². The van der Waals surface area contributed by atoms with Gasteiger partial charge in [0.25, 0.3) is 0 Å². The number of halogens is 1. The highest BCUT2D eigenvalue weighted by molar-refractivity contribution is 5.85. The fourth-order valence-electron chi connectivity index (χ4n) is 3.31. The summed E-state index contributed by atoms with van der Waals surface area (Å²) in [6.45, 7) is 2.55. The number of benzene rings is 1. The number of nitrogens with one attached hydrogen (secondary N) is 2. The lowest BCUT2D eigenvalue weighted by Crippen LogP contribution is -2.42. The third-order valence-corrected chi connectivity index (χ3v) is 4.47. The molecule has 1 aromatic rings. The van der Waals surface area contributed by atoms with Crippen LogP contribution in [0, 0.1) is 5.92 Å². The number of hydrogen-bond donors (Lipinski definition) is 2. The summed E-state index contributed by atoms with van der Waals surface area (Å²) >= 11 is 0. The fourth-order valence-corrected chi connectivity index (χ4v) is 3.31. The first-order valence-electron chi connectivity index (χ1n) is 8.02. The summed E-state index contributed by atoms with van der Waals surface area (Å²) in [5, 5.41) is 6.52. The van der Waals surface area contributed by atoms with Crippen molar-refractivity contribution in [1.29, 1.82) is 0 Å². The maximum Gasteiger partial charge on any atom is 0.226 e. The Balaban J connectivity index is 0.00000176. The quantitative estimate of drug-likeness (QED) is 0.894. The van der Waals surface area contributed by atoms with Crippen molar-refractivity contribution in [2.45, 2.75) is 37.8 Å². The van der Waals surface area contributed by atoms with Crippen LogP contribution in [0.2, 0.25) is 0 Å². The van der Waals surface area contributed by atoms with Crippen molar-refractivity contribution in [1.82, 2.24) is 10.6 Å². The highest BCUT2D eigenvalue weighted by atomic mass is 35.5. The number of ether oxygens (including phenoxy) is 1. The molecule has 22 heavy (non-hydrogen) atoms. The highest BCUT2D eigenvalue weighted by Crippen LogP contribution is 2.33. The van der Waals surface area contributed by atoms with Gasteiger partial charge in [-0.15, -0.1) is 12.4 Å². The smallest absolute Gasteiger partial charge is 0.226 e. The monoisotopic (exact) mass is 324 g/mol. The van der Waals surface area contributed by atoms with Crippen molar-refractivity contribution < 1.29 is 9.53 Å². The molecule has 0 bridgehead atoms. The SMILES string of the molecule is Cl.O=C(NCC1CCCN1)C1CCCOC1c1ccccc1. The first-order chi connectivity index (χ1) is 10.3. The minimum atomic E-state index is -0.100. The van der Waals surface area contributed by atoms with Gasteiger partial charge >= 0.3 is 0 Å². The van der Waals surface area contributed by atoms with E-state index in [1.807, 2.05) is 18.2 Å². The van der Waals surface area contributed by atoms with Crippen LogP contribution in [-0.4, -0.2) is 31.6 Å². The standard InChI is InChI=1S/C17H24N2O2.ClH/c20-17(19-12-14-8-4-10-18-14)15-9-5-11-21-16(15)13-6-2-1-3-7-13;/h1-3,6-7,14-16,18H,4-5,8-12H2,(H,19,20);1H. The van der Waals surface area contributed by atoms with E-state index in [0.29, 0.717) is 6.04 Å². The van der Waals surface area contributed by atoms with E-state index in [4.69, 9.17) is 4.74 Å². The molecule has 3 unspecified atom stereocenters. The number of carbonyl (C=O) groups is 1. The van der Waals surface area contributed by atoms with Gasteiger partial charge in [0.15, 0.2) is 0 Å². The first kappa shape index (κ1) is 17.3. The molecule has 2 heterocycles. The van der Waals surface area contributed by atoms with E-state index in [1.54, 1.807) is 0 Å². The van der Waals surface area contributed by atoms with Crippen molar-refractivity contribution in [3.63, 3.8) is 0 Å². The molecule has 0 radical (unpaired) electrons. The maximum absolute atomic E-state index is 12.5. The molecular formula is C17H25ClN2O2. The molecule has 2 saturated heterocycles. The predicted octanol–water partition coefficient (Wildman–Crippen LogP) is 2.44. The molecule has 1 aromatic carbocycles. The van der Waals surface area contributed by atoms with Gasteiger partial charge < -0.3 is 15.4 Å². The lowest BCUT2D eigenvalue weighted by molar-refractivity contribution is -0.134. The van der Waals surface area contributed by atoms with Gasteiger partial charge in [-0.05, 0) is 37.8 Å². The van der Waals surface area contributed by atoms with Gasteiger partial charge in [-0.2, -0.15) is 0 Å². The molecule has 0 spiro atoms. The van der Waals surface area contributed by atoms with Gasteiger partial charge in [0, 0.05) is 19.2 Å². The van der Waals surface area contributed by atoms with Gasteiger partial charge in [-0.3, -0.25) is 4.79 Å². The summed E-state index contributed by atoms with van der Waals surface area (Å²) < 4.78 is 5.89. The van der Waals surface area contributed by atoms with Crippen LogP contribution in [-0.2, 0) is 9.53 Å². The molecule has 122 valence electrons. The second-order valence-corrected chi connectivity index (χ2v) is 5.99. The van der Waals surface area contributed by atoms with E-state index < -0.39 is 0 Å². The molecule has 2 N–H and O–H groups in total. The average Bonchev–Trinajstić information content (AvgIpc) is 3.07. The number of hydrogen-bond acceptors (Lipinski definition) is 3. The van der Waals surface area contributed by atoms with Crippen molar-refractivity contribution >= 4 is 18.3 Å². The van der Waals surface area contributed by atoms with E-state index in [9.17, 15) is 4.79 Å². The van der Waals surface area contributed by atoms with Gasteiger partial charge in [0.2, 0.25) is 5.91 Å². The molecule has 5 heteroatoms. The Kier molecular flexibility index (Phi) is 6.68. The minimum Gasteiger partial charge on any atom is -0.373 e.